The summed E-state index contributed by atoms with van der Waals surface area (Å²) in [7, 11) is 0. The van der Waals surface area contributed by atoms with Gasteiger partial charge in [-0.15, -0.1) is 0 Å². The van der Waals surface area contributed by atoms with E-state index < -0.39 is 6.10 Å². The summed E-state index contributed by atoms with van der Waals surface area (Å²) in [5.41, 5.74) is 0. The van der Waals surface area contributed by atoms with Crippen LogP contribution in [0.1, 0.15) is 245 Å². The molecule has 0 N–H and O–H groups in total. The summed E-state index contributed by atoms with van der Waals surface area (Å²) in [5, 5.41) is 0. The number of ether oxygens (including phenoxy) is 3. The molecule has 6 nitrogen and oxygen atoms in total. The fraction of sp³-hybridized carbons (Fsp3) is 0.732. The second-order valence-electron chi connectivity index (χ2n) is 17.1. The van der Waals surface area contributed by atoms with Crippen LogP contribution in [0, 0.1) is 0 Å². The fourth-order valence-corrected chi connectivity index (χ4v) is 7.05. The lowest BCUT2D eigenvalue weighted by atomic mass is 10.0. The minimum absolute atomic E-state index is 0.0890. The third-order valence-corrected chi connectivity index (χ3v) is 10.9. The molecule has 0 heterocycles. The van der Waals surface area contributed by atoms with Gasteiger partial charge in [-0.2, -0.15) is 0 Å². The molecule has 0 aromatic carbocycles. The highest BCUT2D eigenvalue weighted by molar-refractivity contribution is 5.71. The van der Waals surface area contributed by atoms with Gasteiger partial charge in [-0.25, -0.2) is 0 Å². The second-order valence-corrected chi connectivity index (χ2v) is 17.1. The lowest BCUT2D eigenvalue weighted by molar-refractivity contribution is -0.167. The van der Waals surface area contributed by atoms with Gasteiger partial charge < -0.3 is 14.2 Å². The summed E-state index contributed by atoms with van der Waals surface area (Å²) < 4.78 is 16.8. The number of hydrogen-bond donors (Lipinski definition) is 0. The largest absolute Gasteiger partial charge is 0.462 e. The van der Waals surface area contributed by atoms with Crippen molar-refractivity contribution >= 4 is 17.9 Å². The average Bonchev–Trinajstić information content (AvgIpc) is 3.27. The van der Waals surface area contributed by atoms with Crippen LogP contribution in [0.3, 0.4) is 0 Å². The lowest BCUT2D eigenvalue weighted by Crippen LogP contribution is -2.30. The molecular weight excluding hydrogens is 769 g/mol. The Labute approximate surface area is 382 Å². The number of unbranched alkanes of at least 4 members (excludes halogenated alkanes) is 23. The molecule has 0 rings (SSSR count). The van der Waals surface area contributed by atoms with Crippen molar-refractivity contribution in [2.24, 2.45) is 0 Å². The average molecular weight is 865 g/mol. The Morgan fingerprint density at radius 3 is 1.03 bits per heavy atom. The van der Waals surface area contributed by atoms with Gasteiger partial charge in [0.15, 0.2) is 6.10 Å². The van der Waals surface area contributed by atoms with E-state index in [2.05, 4.69) is 93.7 Å². The first-order valence-corrected chi connectivity index (χ1v) is 25.9. The predicted molar refractivity (Wildman–Crippen MR) is 265 cm³/mol. The van der Waals surface area contributed by atoms with E-state index >= 15 is 0 Å². The number of rotatable bonds is 46. The van der Waals surface area contributed by atoms with Crippen LogP contribution in [0.2, 0.25) is 0 Å². The van der Waals surface area contributed by atoms with Crippen LogP contribution in [-0.2, 0) is 28.6 Å². The summed E-state index contributed by atoms with van der Waals surface area (Å²) in [6.45, 7) is 6.47. The normalized spacial score (nSPS) is 12.6. The third kappa shape index (κ3) is 47.9. The SMILES string of the molecule is CC/C=C\C/C=C\C/C=C\C/C=C\C/C=C\CCCCCC(=O)OC[C@H](COC(=O)CCCCCCC/C=C\CCCCCC)OC(=O)CCCCCCCCCCCCCC. The number of allylic oxidation sites excluding steroid dienone is 12. The molecule has 0 aromatic heterocycles. The zero-order chi connectivity index (χ0) is 45.1. The Kier molecular flexibility index (Phi) is 47.9. The molecule has 0 bridgehead atoms. The van der Waals surface area contributed by atoms with Crippen molar-refractivity contribution < 1.29 is 28.6 Å². The van der Waals surface area contributed by atoms with Crippen LogP contribution in [0.4, 0.5) is 0 Å². The summed E-state index contributed by atoms with van der Waals surface area (Å²) >= 11 is 0. The molecule has 0 aliphatic carbocycles. The Hall–Kier alpha value is -3.15. The van der Waals surface area contributed by atoms with Crippen molar-refractivity contribution in [3.05, 3.63) is 72.9 Å². The van der Waals surface area contributed by atoms with Crippen molar-refractivity contribution in [3.8, 4) is 0 Å². The van der Waals surface area contributed by atoms with Gasteiger partial charge in [0.2, 0.25) is 0 Å². The van der Waals surface area contributed by atoms with E-state index in [4.69, 9.17) is 14.2 Å². The minimum atomic E-state index is -0.789. The standard InChI is InChI=1S/C56H96O6/c1-4-7-10-13-16-19-22-25-26-27-28-29-30-32-35-37-40-43-46-49-55(58)61-52-53(62-56(59)50-47-44-41-38-33-24-21-18-15-12-9-6-3)51-60-54(57)48-45-42-39-36-34-31-23-20-17-14-11-8-5-2/h7,10,16,19-20,23,25-26,28-29,32,35,53H,4-6,8-9,11-15,17-18,21-22,24,27,30-31,33-34,36-52H2,1-3H3/b10-7-,19-16-,23-20-,26-25-,29-28-,35-32-/t53-/m0/s1. The van der Waals surface area contributed by atoms with Crippen LogP contribution in [0.5, 0.6) is 0 Å². The first-order valence-electron chi connectivity index (χ1n) is 25.9. The number of carbonyl (C=O) groups is 3. The quantitative estimate of drug-likeness (QED) is 0.0262. The zero-order valence-corrected chi connectivity index (χ0v) is 40.6. The molecule has 0 unspecified atom stereocenters. The maximum absolute atomic E-state index is 12.8. The molecular formula is C56H96O6. The van der Waals surface area contributed by atoms with Crippen molar-refractivity contribution in [2.45, 2.75) is 252 Å². The molecule has 6 heteroatoms. The Bertz CT molecular complexity index is 1180. The van der Waals surface area contributed by atoms with Crippen LogP contribution in [0.25, 0.3) is 0 Å². The number of hydrogen-bond acceptors (Lipinski definition) is 6. The van der Waals surface area contributed by atoms with Crippen LogP contribution >= 0.6 is 0 Å². The molecule has 0 radical (unpaired) electrons. The minimum Gasteiger partial charge on any atom is -0.462 e. The monoisotopic (exact) mass is 865 g/mol. The molecule has 0 saturated carbocycles. The Morgan fingerprint density at radius 1 is 0.339 bits per heavy atom. The summed E-state index contributed by atoms with van der Waals surface area (Å²) in [4.78, 5) is 37.9. The van der Waals surface area contributed by atoms with Gasteiger partial charge in [0.1, 0.15) is 13.2 Å². The van der Waals surface area contributed by atoms with Crippen molar-refractivity contribution in [1.82, 2.24) is 0 Å². The van der Waals surface area contributed by atoms with Gasteiger partial charge in [0.25, 0.3) is 0 Å². The number of esters is 3. The third-order valence-electron chi connectivity index (χ3n) is 10.9. The van der Waals surface area contributed by atoms with Gasteiger partial charge in [-0.05, 0) is 89.9 Å². The van der Waals surface area contributed by atoms with E-state index in [-0.39, 0.29) is 31.1 Å². The molecule has 0 fully saturated rings. The van der Waals surface area contributed by atoms with E-state index in [0.29, 0.717) is 19.3 Å². The lowest BCUT2D eigenvalue weighted by Gasteiger charge is -2.18. The highest BCUT2D eigenvalue weighted by Gasteiger charge is 2.19. The Morgan fingerprint density at radius 2 is 0.629 bits per heavy atom. The van der Waals surface area contributed by atoms with E-state index in [1.165, 1.54) is 103 Å². The molecule has 0 amide bonds. The number of carbonyl (C=O) groups excluding carboxylic acids is 3. The first-order chi connectivity index (χ1) is 30.5. The van der Waals surface area contributed by atoms with Gasteiger partial charge in [0.05, 0.1) is 0 Å². The van der Waals surface area contributed by atoms with Gasteiger partial charge in [-0.1, -0.05) is 209 Å². The van der Waals surface area contributed by atoms with Gasteiger partial charge in [-0.3, -0.25) is 14.4 Å². The molecule has 0 aromatic rings. The van der Waals surface area contributed by atoms with Gasteiger partial charge in [0, 0.05) is 19.3 Å². The smallest absolute Gasteiger partial charge is 0.306 e. The van der Waals surface area contributed by atoms with Crippen molar-refractivity contribution in [2.75, 3.05) is 13.2 Å². The molecule has 0 spiro atoms. The molecule has 0 saturated heterocycles. The van der Waals surface area contributed by atoms with E-state index in [9.17, 15) is 14.4 Å². The first kappa shape index (κ1) is 58.9. The zero-order valence-electron chi connectivity index (χ0n) is 40.6. The van der Waals surface area contributed by atoms with Crippen LogP contribution in [-0.4, -0.2) is 37.2 Å². The summed E-state index contributed by atoms with van der Waals surface area (Å²) in [5.74, 6) is -0.928. The van der Waals surface area contributed by atoms with E-state index in [1.54, 1.807) is 0 Å². The molecule has 0 aliphatic heterocycles. The maximum atomic E-state index is 12.8. The second kappa shape index (κ2) is 50.5. The topological polar surface area (TPSA) is 78.9 Å². The van der Waals surface area contributed by atoms with Gasteiger partial charge >= 0.3 is 17.9 Å². The molecule has 1 atom stereocenters. The highest BCUT2D eigenvalue weighted by Crippen LogP contribution is 2.14. The summed E-state index contributed by atoms with van der Waals surface area (Å²) in [6.07, 6.45) is 63.1. The highest BCUT2D eigenvalue weighted by atomic mass is 16.6. The molecule has 356 valence electrons. The van der Waals surface area contributed by atoms with Crippen molar-refractivity contribution in [1.29, 1.82) is 0 Å². The summed E-state index contributed by atoms with van der Waals surface area (Å²) in [6, 6.07) is 0. The fourth-order valence-electron chi connectivity index (χ4n) is 7.05. The maximum Gasteiger partial charge on any atom is 0.306 e. The van der Waals surface area contributed by atoms with Crippen LogP contribution < -0.4 is 0 Å². The molecule has 62 heavy (non-hydrogen) atoms. The van der Waals surface area contributed by atoms with Crippen LogP contribution in [0.15, 0.2) is 72.9 Å². The van der Waals surface area contributed by atoms with E-state index in [0.717, 1.165) is 103 Å². The molecule has 0 aliphatic rings. The Balaban J connectivity index is 4.42. The van der Waals surface area contributed by atoms with Crippen molar-refractivity contribution in [3.63, 3.8) is 0 Å². The predicted octanol–water partition coefficient (Wildman–Crippen LogP) is 17.0. The van der Waals surface area contributed by atoms with E-state index in [1.807, 2.05) is 0 Å².